The number of carbonyl (C=O) groups excluding carboxylic acids is 1. The summed E-state index contributed by atoms with van der Waals surface area (Å²) >= 11 is 3.40. The third kappa shape index (κ3) is 2.26. The molecule has 88 valence electrons. The SMILES string of the molecule is C=CCNC(=O)c1oc2ccc(Br)cc2c1C. The van der Waals surface area contributed by atoms with Gasteiger partial charge in [-0.25, -0.2) is 0 Å². The van der Waals surface area contributed by atoms with Crippen LogP contribution in [0.3, 0.4) is 0 Å². The minimum absolute atomic E-state index is 0.213. The summed E-state index contributed by atoms with van der Waals surface area (Å²) in [6.45, 7) is 5.86. The molecule has 0 spiro atoms. The minimum atomic E-state index is -0.213. The number of furan rings is 1. The normalized spacial score (nSPS) is 10.5. The molecule has 1 aromatic carbocycles. The van der Waals surface area contributed by atoms with Gasteiger partial charge in [0.25, 0.3) is 5.91 Å². The van der Waals surface area contributed by atoms with Crippen LogP contribution in [0.2, 0.25) is 0 Å². The van der Waals surface area contributed by atoms with Crippen LogP contribution in [-0.4, -0.2) is 12.5 Å². The zero-order valence-corrected chi connectivity index (χ0v) is 11.0. The lowest BCUT2D eigenvalue weighted by atomic mass is 10.1. The molecule has 0 atom stereocenters. The number of hydrogen-bond donors (Lipinski definition) is 1. The van der Waals surface area contributed by atoms with Gasteiger partial charge in [-0.15, -0.1) is 6.58 Å². The third-order valence-electron chi connectivity index (χ3n) is 2.51. The van der Waals surface area contributed by atoms with E-state index in [1.54, 1.807) is 6.08 Å². The standard InChI is InChI=1S/C13H12BrNO2/c1-3-6-15-13(16)12-8(2)10-7-9(14)4-5-11(10)17-12/h3-5,7H,1,6H2,2H3,(H,15,16). The monoisotopic (exact) mass is 293 g/mol. The smallest absolute Gasteiger partial charge is 0.287 e. The molecule has 0 saturated heterocycles. The van der Waals surface area contributed by atoms with Crippen molar-refractivity contribution in [2.45, 2.75) is 6.92 Å². The molecule has 0 aliphatic rings. The van der Waals surface area contributed by atoms with Crippen molar-refractivity contribution in [3.05, 3.63) is 46.7 Å². The fraction of sp³-hybridized carbons (Fsp3) is 0.154. The van der Waals surface area contributed by atoms with Crippen LogP contribution >= 0.6 is 15.9 Å². The van der Waals surface area contributed by atoms with E-state index in [0.29, 0.717) is 12.3 Å². The van der Waals surface area contributed by atoms with Gasteiger partial charge < -0.3 is 9.73 Å². The quantitative estimate of drug-likeness (QED) is 0.881. The molecule has 0 aliphatic carbocycles. The first kappa shape index (κ1) is 11.9. The highest BCUT2D eigenvalue weighted by Gasteiger charge is 2.16. The van der Waals surface area contributed by atoms with E-state index in [1.807, 2.05) is 25.1 Å². The number of rotatable bonds is 3. The zero-order valence-electron chi connectivity index (χ0n) is 9.42. The first-order chi connectivity index (χ1) is 8.13. The Morgan fingerprint density at radius 1 is 1.59 bits per heavy atom. The Hall–Kier alpha value is -1.55. The molecule has 1 aromatic heterocycles. The topological polar surface area (TPSA) is 42.2 Å². The Morgan fingerprint density at radius 3 is 3.06 bits per heavy atom. The molecule has 0 radical (unpaired) electrons. The molecule has 0 fully saturated rings. The highest BCUT2D eigenvalue weighted by molar-refractivity contribution is 9.10. The van der Waals surface area contributed by atoms with E-state index < -0.39 is 0 Å². The van der Waals surface area contributed by atoms with E-state index in [2.05, 4.69) is 27.8 Å². The van der Waals surface area contributed by atoms with Gasteiger partial charge in [0.15, 0.2) is 5.76 Å². The van der Waals surface area contributed by atoms with Crippen molar-refractivity contribution >= 4 is 32.8 Å². The summed E-state index contributed by atoms with van der Waals surface area (Å²) in [7, 11) is 0. The predicted octanol–water partition coefficient (Wildman–Crippen LogP) is 3.42. The minimum Gasteiger partial charge on any atom is -0.451 e. The second-order valence-corrected chi connectivity index (χ2v) is 4.61. The van der Waals surface area contributed by atoms with Crippen LogP contribution in [0.25, 0.3) is 11.0 Å². The van der Waals surface area contributed by atoms with Crippen LogP contribution in [0.5, 0.6) is 0 Å². The van der Waals surface area contributed by atoms with E-state index in [-0.39, 0.29) is 5.91 Å². The second-order valence-electron chi connectivity index (χ2n) is 3.70. The van der Waals surface area contributed by atoms with Crippen LogP contribution in [0.1, 0.15) is 16.1 Å². The third-order valence-corrected chi connectivity index (χ3v) is 3.00. The lowest BCUT2D eigenvalue weighted by molar-refractivity contribution is 0.0932. The second kappa shape index (κ2) is 4.75. The summed E-state index contributed by atoms with van der Waals surface area (Å²) in [5.74, 6) is 0.148. The lowest BCUT2D eigenvalue weighted by Gasteiger charge is -1.98. The summed E-state index contributed by atoms with van der Waals surface area (Å²) in [6.07, 6.45) is 1.63. The number of amides is 1. The average Bonchev–Trinajstić information content (AvgIpc) is 2.64. The van der Waals surface area contributed by atoms with Crippen molar-refractivity contribution < 1.29 is 9.21 Å². The molecule has 1 heterocycles. The number of nitrogens with one attached hydrogen (secondary N) is 1. The van der Waals surface area contributed by atoms with Gasteiger partial charge in [0, 0.05) is 22.0 Å². The molecule has 2 aromatic rings. The summed E-state index contributed by atoms with van der Waals surface area (Å²) in [5, 5.41) is 3.65. The summed E-state index contributed by atoms with van der Waals surface area (Å²) in [6, 6.07) is 5.67. The Kier molecular flexibility index (Phi) is 3.33. The number of hydrogen-bond acceptors (Lipinski definition) is 2. The molecule has 0 saturated carbocycles. The highest BCUT2D eigenvalue weighted by atomic mass is 79.9. The van der Waals surface area contributed by atoms with E-state index >= 15 is 0 Å². The van der Waals surface area contributed by atoms with E-state index in [1.165, 1.54) is 0 Å². The molecule has 17 heavy (non-hydrogen) atoms. The molecular formula is C13H12BrNO2. The van der Waals surface area contributed by atoms with Crippen molar-refractivity contribution in [2.75, 3.05) is 6.54 Å². The van der Waals surface area contributed by atoms with E-state index in [4.69, 9.17) is 4.42 Å². The Labute approximate surface area is 108 Å². The van der Waals surface area contributed by atoms with Crippen molar-refractivity contribution in [3.8, 4) is 0 Å². The first-order valence-corrected chi connectivity index (χ1v) is 6.00. The summed E-state index contributed by atoms with van der Waals surface area (Å²) in [4.78, 5) is 11.8. The molecular weight excluding hydrogens is 282 g/mol. The number of carbonyl (C=O) groups is 1. The van der Waals surface area contributed by atoms with Gasteiger partial charge in [0.05, 0.1) is 0 Å². The number of benzene rings is 1. The average molecular weight is 294 g/mol. The van der Waals surface area contributed by atoms with Gasteiger partial charge in [-0.05, 0) is 25.1 Å². The maximum absolute atomic E-state index is 11.8. The molecule has 1 amide bonds. The fourth-order valence-corrected chi connectivity index (χ4v) is 2.02. The molecule has 0 bridgehead atoms. The lowest BCUT2D eigenvalue weighted by Crippen LogP contribution is -2.23. The Morgan fingerprint density at radius 2 is 2.35 bits per heavy atom. The Bertz CT molecular complexity index is 586. The van der Waals surface area contributed by atoms with Gasteiger partial charge in [-0.1, -0.05) is 22.0 Å². The van der Waals surface area contributed by atoms with Crippen LogP contribution in [0, 0.1) is 6.92 Å². The number of fused-ring (bicyclic) bond motifs is 1. The zero-order chi connectivity index (χ0) is 12.4. The number of halogens is 1. The molecule has 4 heteroatoms. The van der Waals surface area contributed by atoms with Crippen molar-refractivity contribution in [1.29, 1.82) is 0 Å². The van der Waals surface area contributed by atoms with Gasteiger partial charge in [-0.3, -0.25) is 4.79 Å². The molecule has 3 nitrogen and oxygen atoms in total. The van der Waals surface area contributed by atoms with E-state index in [9.17, 15) is 4.79 Å². The molecule has 0 unspecified atom stereocenters. The molecule has 2 rings (SSSR count). The Balaban J connectivity index is 2.45. The maximum Gasteiger partial charge on any atom is 0.287 e. The maximum atomic E-state index is 11.8. The van der Waals surface area contributed by atoms with Crippen LogP contribution in [-0.2, 0) is 0 Å². The van der Waals surface area contributed by atoms with Crippen molar-refractivity contribution in [2.24, 2.45) is 0 Å². The van der Waals surface area contributed by atoms with Crippen molar-refractivity contribution in [3.63, 3.8) is 0 Å². The van der Waals surface area contributed by atoms with Gasteiger partial charge in [0.2, 0.25) is 0 Å². The van der Waals surface area contributed by atoms with Crippen molar-refractivity contribution in [1.82, 2.24) is 5.32 Å². The first-order valence-electron chi connectivity index (χ1n) is 5.21. The van der Waals surface area contributed by atoms with Gasteiger partial charge in [-0.2, -0.15) is 0 Å². The summed E-state index contributed by atoms with van der Waals surface area (Å²) in [5.41, 5.74) is 1.57. The molecule has 0 aliphatic heterocycles. The van der Waals surface area contributed by atoms with Gasteiger partial charge >= 0.3 is 0 Å². The fourth-order valence-electron chi connectivity index (χ4n) is 1.65. The number of aryl methyl sites for hydroxylation is 1. The van der Waals surface area contributed by atoms with Gasteiger partial charge in [0.1, 0.15) is 5.58 Å². The van der Waals surface area contributed by atoms with Crippen LogP contribution in [0.15, 0.2) is 39.7 Å². The van der Waals surface area contributed by atoms with Crippen LogP contribution < -0.4 is 5.32 Å². The largest absolute Gasteiger partial charge is 0.451 e. The molecule has 1 N–H and O–H groups in total. The summed E-state index contributed by atoms with van der Waals surface area (Å²) < 4.78 is 6.51. The predicted molar refractivity (Wildman–Crippen MR) is 71.2 cm³/mol. The van der Waals surface area contributed by atoms with Crippen LogP contribution in [0.4, 0.5) is 0 Å². The van der Waals surface area contributed by atoms with E-state index in [0.717, 1.165) is 21.0 Å². The highest BCUT2D eigenvalue weighted by Crippen LogP contribution is 2.27.